The van der Waals surface area contributed by atoms with Crippen LogP contribution in [-0.4, -0.2) is 22.2 Å². The van der Waals surface area contributed by atoms with Gasteiger partial charge in [0.2, 0.25) is 0 Å². The number of carbonyl (C=O) groups is 2. The summed E-state index contributed by atoms with van der Waals surface area (Å²) in [7, 11) is 0. The van der Waals surface area contributed by atoms with Gasteiger partial charge in [0.05, 0.1) is 0 Å². The van der Waals surface area contributed by atoms with Gasteiger partial charge in [-0.25, -0.2) is 0 Å². The quantitative estimate of drug-likeness (QED) is 0.0518. The molecular weight excluding hydrogens is 725 g/mol. The first-order chi connectivity index (χ1) is 19.5. The van der Waals surface area contributed by atoms with Crippen LogP contribution >= 0.6 is 0 Å². The number of carboxylic acid groups (broad SMARTS) is 2. The van der Waals surface area contributed by atoms with E-state index in [1.807, 2.05) is 0 Å². The maximum absolute atomic E-state index is 10.3. The Morgan fingerprint density at radius 3 is 0.578 bits per heavy atom. The predicted octanol–water partition coefficient (Wildman–Crippen LogP) is 12.4. The minimum absolute atomic E-state index is 0. The van der Waals surface area contributed by atoms with Crippen molar-refractivity contribution in [3.63, 3.8) is 0 Å². The molecule has 256 valence electrons. The monoisotopic (exact) mass is 792 g/mol. The smallest absolute Gasteiger partial charge is 2.00 e. The molecule has 0 bridgehead atoms. The fourth-order valence-corrected chi connectivity index (χ4v) is 5.30. The van der Waals surface area contributed by atoms with Crippen molar-refractivity contribution in [3.8, 4) is 0 Å². The van der Waals surface area contributed by atoms with Crippen molar-refractivity contribution in [1.82, 2.24) is 0 Å². The van der Waals surface area contributed by atoms with E-state index in [1.54, 1.807) is 0 Å². The summed E-state index contributed by atoms with van der Waals surface area (Å²) in [5, 5.41) is 17.0. The van der Waals surface area contributed by atoms with E-state index in [4.69, 9.17) is 10.2 Å². The minimum Gasteiger partial charge on any atom is -2.00 e. The van der Waals surface area contributed by atoms with Gasteiger partial charge in [-0.05, 0) is 12.8 Å². The van der Waals surface area contributed by atoms with E-state index in [0.29, 0.717) is 12.8 Å². The Morgan fingerprint density at radius 2 is 0.444 bits per heavy atom. The molecule has 0 saturated carbocycles. The molecule has 0 aromatic carbocycles. The molecule has 0 saturated heterocycles. The van der Waals surface area contributed by atoms with Crippen LogP contribution in [0.2, 0.25) is 0 Å². The minimum atomic E-state index is -0.653. The first kappa shape index (κ1) is 61.0. The summed E-state index contributed by atoms with van der Waals surface area (Å²) in [5.41, 5.74) is 0. The SMILES string of the molecule is CCCCCCCCCCCCCCCCCC(=O)O.CCCCCCCCCCCCCCCCCC(=O)O.[O-2].[O-2].[Zn+2].[Zn+2].[Zn+2]. The van der Waals surface area contributed by atoms with Crippen LogP contribution in [0.3, 0.4) is 0 Å². The molecule has 0 heterocycles. The molecule has 45 heavy (non-hydrogen) atoms. The van der Waals surface area contributed by atoms with Crippen molar-refractivity contribution in [1.29, 1.82) is 0 Å². The molecule has 9 heteroatoms. The fourth-order valence-electron chi connectivity index (χ4n) is 5.30. The summed E-state index contributed by atoms with van der Waals surface area (Å²) >= 11 is 0. The Bertz CT molecular complexity index is 469. The van der Waals surface area contributed by atoms with Gasteiger partial charge in [-0.15, -0.1) is 0 Å². The molecule has 0 aromatic heterocycles. The third-order valence-corrected chi connectivity index (χ3v) is 7.99. The molecule has 0 aliphatic rings. The van der Waals surface area contributed by atoms with E-state index in [-0.39, 0.29) is 69.4 Å². The van der Waals surface area contributed by atoms with Gasteiger partial charge in [0.25, 0.3) is 0 Å². The van der Waals surface area contributed by atoms with Crippen molar-refractivity contribution >= 4 is 11.9 Å². The van der Waals surface area contributed by atoms with Gasteiger partial charge in [-0.3, -0.25) is 9.59 Å². The van der Waals surface area contributed by atoms with Gasteiger partial charge in [0.1, 0.15) is 0 Å². The number of unbranched alkanes of at least 4 members (excludes halogenated alkanes) is 28. The number of hydrogen-bond donors (Lipinski definition) is 2. The molecule has 0 rings (SSSR count). The standard InChI is InChI=1S/2C18H36O2.2O.3Zn/c2*1-2-3-4-5-6-7-8-9-10-11-12-13-14-15-16-17-18(19)20;;;;;/h2*2-17H2,1H3,(H,19,20);;;;;/q;;2*-2;3*+2. The van der Waals surface area contributed by atoms with Crippen LogP contribution in [0.15, 0.2) is 0 Å². The van der Waals surface area contributed by atoms with Crippen LogP contribution in [0.1, 0.15) is 219 Å². The van der Waals surface area contributed by atoms with Gasteiger partial charge in [-0.2, -0.15) is 0 Å². The van der Waals surface area contributed by atoms with E-state index in [2.05, 4.69) is 13.8 Å². The molecule has 0 amide bonds. The second kappa shape index (κ2) is 57.0. The van der Waals surface area contributed by atoms with E-state index < -0.39 is 11.9 Å². The topological polar surface area (TPSA) is 132 Å². The Labute approximate surface area is 318 Å². The molecule has 0 atom stereocenters. The van der Waals surface area contributed by atoms with E-state index in [1.165, 1.54) is 167 Å². The van der Waals surface area contributed by atoms with Gasteiger partial charge in [0, 0.05) is 12.8 Å². The molecule has 0 aliphatic heterocycles. The summed E-state index contributed by atoms with van der Waals surface area (Å²) in [5.74, 6) is -1.31. The molecule has 0 spiro atoms. The number of hydrogen-bond acceptors (Lipinski definition) is 2. The molecule has 0 aliphatic carbocycles. The van der Waals surface area contributed by atoms with Crippen LogP contribution in [0, 0.1) is 0 Å². The second-order valence-corrected chi connectivity index (χ2v) is 12.2. The molecular formula is C36H72O6Zn3+2. The van der Waals surface area contributed by atoms with E-state index in [9.17, 15) is 9.59 Å². The summed E-state index contributed by atoms with van der Waals surface area (Å²) in [4.78, 5) is 20.7. The Balaban J connectivity index is -0.000000116. The van der Waals surface area contributed by atoms with Gasteiger partial charge >= 0.3 is 70.4 Å². The third kappa shape index (κ3) is 67.7. The number of carboxylic acids is 2. The third-order valence-electron chi connectivity index (χ3n) is 7.99. The maximum atomic E-state index is 10.3. The van der Waals surface area contributed by atoms with E-state index >= 15 is 0 Å². The molecule has 0 fully saturated rings. The number of rotatable bonds is 32. The van der Waals surface area contributed by atoms with Crippen LogP contribution in [0.4, 0.5) is 0 Å². The van der Waals surface area contributed by atoms with Crippen LogP contribution in [-0.2, 0) is 79.0 Å². The average molecular weight is 797 g/mol. The summed E-state index contributed by atoms with van der Waals surface area (Å²) in [6, 6.07) is 0. The predicted molar refractivity (Wildman–Crippen MR) is 176 cm³/mol. The molecule has 0 unspecified atom stereocenters. The van der Waals surface area contributed by atoms with Crippen molar-refractivity contribution in [2.24, 2.45) is 0 Å². The first-order valence-corrected chi connectivity index (χ1v) is 18.0. The molecule has 6 nitrogen and oxygen atoms in total. The zero-order valence-electron chi connectivity index (χ0n) is 30.3. The van der Waals surface area contributed by atoms with Gasteiger partial charge in [-0.1, -0.05) is 194 Å². The van der Waals surface area contributed by atoms with Gasteiger partial charge in [0.15, 0.2) is 0 Å². The second-order valence-electron chi connectivity index (χ2n) is 12.2. The maximum Gasteiger partial charge on any atom is 2.00 e. The molecule has 0 radical (unpaired) electrons. The van der Waals surface area contributed by atoms with Gasteiger partial charge < -0.3 is 21.2 Å². The van der Waals surface area contributed by atoms with E-state index in [0.717, 1.165) is 25.7 Å². The van der Waals surface area contributed by atoms with Crippen molar-refractivity contribution in [3.05, 3.63) is 0 Å². The Hall–Kier alpha value is 0.730. The van der Waals surface area contributed by atoms with Crippen molar-refractivity contribution < 1.29 is 89.2 Å². The van der Waals surface area contributed by atoms with Crippen LogP contribution < -0.4 is 0 Å². The van der Waals surface area contributed by atoms with Crippen molar-refractivity contribution in [2.45, 2.75) is 219 Å². The zero-order valence-corrected chi connectivity index (χ0v) is 39.2. The van der Waals surface area contributed by atoms with Crippen LogP contribution in [0.5, 0.6) is 0 Å². The Kier molecular flexibility index (Phi) is 77.3. The fraction of sp³-hybridized carbons (Fsp3) is 0.944. The number of aliphatic carboxylic acids is 2. The molecule has 2 N–H and O–H groups in total. The summed E-state index contributed by atoms with van der Waals surface area (Å²) in [6.45, 7) is 4.54. The summed E-state index contributed by atoms with van der Waals surface area (Å²) in [6.07, 6.45) is 40.4. The Morgan fingerprint density at radius 1 is 0.311 bits per heavy atom. The van der Waals surface area contributed by atoms with Crippen LogP contribution in [0.25, 0.3) is 0 Å². The summed E-state index contributed by atoms with van der Waals surface area (Å²) < 4.78 is 0. The largest absolute Gasteiger partial charge is 2.00 e. The first-order valence-electron chi connectivity index (χ1n) is 18.0. The van der Waals surface area contributed by atoms with Crippen molar-refractivity contribution in [2.75, 3.05) is 0 Å². The normalized spacial score (nSPS) is 9.64. The molecule has 0 aromatic rings. The zero-order chi connectivity index (χ0) is 29.8. The average Bonchev–Trinajstić information content (AvgIpc) is 2.93.